The van der Waals surface area contributed by atoms with Gasteiger partial charge in [-0.1, -0.05) is 29.8 Å². The lowest BCUT2D eigenvalue weighted by atomic mass is 10.1. The Morgan fingerprint density at radius 1 is 1.24 bits per heavy atom. The molecule has 106 valence electrons. The molecule has 0 saturated carbocycles. The van der Waals surface area contributed by atoms with Gasteiger partial charge in [-0.3, -0.25) is 4.79 Å². The minimum atomic E-state index is -0.486. The summed E-state index contributed by atoms with van der Waals surface area (Å²) in [6.07, 6.45) is 0. The maximum absolute atomic E-state index is 12.2. The molecule has 6 heteroatoms. The molecule has 0 atom stereocenters. The van der Waals surface area contributed by atoms with Crippen LogP contribution in [-0.4, -0.2) is 15.1 Å². The number of aryl methyl sites for hydroxylation is 1. The van der Waals surface area contributed by atoms with E-state index in [1.807, 2.05) is 0 Å². The van der Waals surface area contributed by atoms with Crippen molar-refractivity contribution in [1.29, 1.82) is 0 Å². The Balaban J connectivity index is 2.18. The van der Waals surface area contributed by atoms with Gasteiger partial charge in [-0.15, -0.1) is 0 Å². The van der Waals surface area contributed by atoms with Crippen LogP contribution < -0.4 is 5.56 Å². The molecule has 0 unspecified atom stereocenters. The molecule has 0 saturated heterocycles. The van der Waals surface area contributed by atoms with E-state index in [1.165, 1.54) is 0 Å². The van der Waals surface area contributed by atoms with Gasteiger partial charge in [0.1, 0.15) is 11.3 Å². The molecule has 0 fully saturated rings. The van der Waals surface area contributed by atoms with Crippen molar-refractivity contribution < 1.29 is 9.52 Å². The Labute approximate surface area is 124 Å². The average molecular weight is 303 g/mol. The third kappa shape index (κ3) is 2.43. The van der Waals surface area contributed by atoms with Crippen molar-refractivity contribution >= 4 is 11.6 Å². The number of aromatic nitrogens is 2. The van der Waals surface area contributed by atoms with Crippen molar-refractivity contribution in [2.24, 2.45) is 0 Å². The maximum Gasteiger partial charge on any atom is 0.263 e. The minimum absolute atomic E-state index is 0.0348. The van der Waals surface area contributed by atoms with Gasteiger partial charge in [0.2, 0.25) is 5.88 Å². The summed E-state index contributed by atoms with van der Waals surface area (Å²) in [7, 11) is 0. The fourth-order valence-corrected chi connectivity index (χ4v) is 2.28. The van der Waals surface area contributed by atoms with Gasteiger partial charge in [0, 0.05) is 10.6 Å². The van der Waals surface area contributed by atoms with E-state index in [-0.39, 0.29) is 11.4 Å². The number of rotatable bonds is 2. The first-order valence-electron chi connectivity index (χ1n) is 6.21. The van der Waals surface area contributed by atoms with Gasteiger partial charge in [-0.2, -0.15) is 4.98 Å². The van der Waals surface area contributed by atoms with Crippen LogP contribution in [0.4, 0.5) is 0 Å². The van der Waals surface area contributed by atoms with Crippen LogP contribution in [0.3, 0.4) is 0 Å². The molecule has 0 aliphatic rings. The molecule has 0 spiro atoms. The summed E-state index contributed by atoms with van der Waals surface area (Å²) in [6, 6.07) is 10.2. The van der Waals surface area contributed by atoms with Crippen molar-refractivity contribution in [2.45, 2.75) is 6.92 Å². The molecule has 2 heterocycles. The van der Waals surface area contributed by atoms with Crippen molar-refractivity contribution in [3.8, 4) is 28.6 Å². The smallest absolute Gasteiger partial charge is 0.263 e. The van der Waals surface area contributed by atoms with Crippen molar-refractivity contribution in [1.82, 2.24) is 9.97 Å². The fraction of sp³-hybridized carbons (Fsp3) is 0.0667. The molecular formula is C15H11ClN2O3. The van der Waals surface area contributed by atoms with E-state index >= 15 is 0 Å². The number of benzene rings is 1. The fourth-order valence-electron chi connectivity index (χ4n) is 2.05. The van der Waals surface area contributed by atoms with Gasteiger partial charge in [0.15, 0.2) is 11.6 Å². The second-order valence-electron chi connectivity index (χ2n) is 4.50. The zero-order valence-corrected chi connectivity index (χ0v) is 11.8. The number of aromatic hydroxyl groups is 1. The van der Waals surface area contributed by atoms with Crippen molar-refractivity contribution in [3.63, 3.8) is 0 Å². The highest BCUT2D eigenvalue weighted by Crippen LogP contribution is 2.31. The van der Waals surface area contributed by atoms with Crippen LogP contribution >= 0.6 is 11.6 Å². The SMILES string of the molecule is Cc1ccc(-c2nc(O)c(-c3ccccc3Cl)c(=O)[nH]2)o1. The monoisotopic (exact) mass is 302 g/mol. The summed E-state index contributed by atoms with van der Waals surface area (Å²) < 4.78 is 5.38. The van der Waals surface area contributed by atoms with Crippen molar-refractivity contribution in [3.05, 3.63) is 57.5 Å². The highest BCUT2D eigenvalue weighted by atomic mass is 35.5. The van der Waals surface area contributed by atoms with Crippen LogP contribution in [0.5, 0.6) is 5.88 Å². The Kier molecular flexibility index (Phi) is 3.27. The molecule has 0 aliphatic heterocycles. The van der Waals surface area contributed by atoms with E-state index in [9.17, 15) is 9.90 Å². The van der Waals surface area contributed by atoms with E-state index in [2.05, 4.69) is 9.97 Å². The van der Waals surface area contributed by atoms with Crippen molar-refractivity contribution in [2.75, 3.05) is 0 Å². The molecule has 3 rings (SSSR count). The minimum Gasteiger partial charge on any atom is -0.493 e. The summed E-state index contributed by atoms with van der Waals surface area (Å²) in [6.45, 7) is 1.78. The zero-order valence-electron chi connectivity index (χ0n) is 11.1. The van der Waals surface area contributed by atoms with Gasteiger partial charge < -0.3 is 14.5 Å². The molecule has 0 bridgehead atoms. The first kappa shape index (κ1) is 13.5. The summed E-state index contributed by atoms with van der Waals surface area (Å²) in [5, 5.41) is 10.4. The van der Waals surface area contributed by atoms with Gasteiger partial charge in [-0.25, -0.2) is 0 Å². The predicted molar refractivity (Wildman–Crippen MR) is 79.4 cm³/mol. The Hall–Kier alpha value is -2.53. The maximum atomic E-state index is 12.2. The Bertz CT molecular complexity index is 867. The van der Waals surface area contributed by atoms with Gasteiger partial charge >= 0.3 is 0 Å². The Morgan fingerprint density at radius 2 is 2.00 bits per heavy atom. The van der Waals surface area contributed by atoms with E-state index in [0.717, 1.165) is 0 Å². The predicted octanol–water partition coefficient (Wildman–Crippen LogP) is 3.36. The molecule has 2 N–H and O–H groups in total. The summed E-state index contributed by atoms with van der Waals surface area (Å²) >= 11 is 6.05. The first-order valence-corrected chi connectivity index (χ1v) is 6.59. The van der Waals surface area contributed by atoms with E-state index < -0.39 is 11.4 Å². The van der Waals surface area contributed by atoms with Gasteiger partial charge in [0.05, 0.1) is 0 Å². The van der Waals surface area contributed by atoms with Crippen LogP contribution in [0.15, 0.2) is 45.6 Å². The lowest BCUT2D eigenvalue weighted by Gasteiger charge is -2.06. The number of aromatic amines is 1. The molecule has 0 amide bonds. The highest BCUT2D eigenvalue weighted by molar-refractivity contribution is 6.33. The summed E-state index contributed by atoms with van der Waals surface area (Å²) in [4.78, 5) is 18.8. The van der Waals surface area contributed by atoms with Crippen LogP contribution in [0.2, 0.25) is 5.02 Å². The number of hydrogen-bond acceptors (Lipinski definition) is 4. The molecular weight excluding hydrogens is 292 g/mol. The van der Waals surface area contributed by atoms with Crippen LogP contribution in [-0.2, 0) is 0 Å². The van der Waals surface area contributed by atoms with E-state index in [4.69, 9.17) is 16.0 Å². The Morgan fingerprint density at radius 3 is 2.62 bits per heavy atom. The normalized spacial score (nSPS) is 10.8. The van der Waals surface area contributed by atoms with Gasteiger partial charge in [0.25, 0.3) is 5.56 Å². The second-order valence-corrected chi connectivity index (χ2v) is 4.91. The molecule has 0 radical (unpaired) electrons. The first-order chi connectivity index (χ1) is 10.1. The third-order valence-corrected chi connectivity index (χ3v) is 3.35. The molecule has 21 heavy (non-hydrogen) atoms. The number of nitrogens with zero attached hydrogens (tertiary/aromatic N) is 1. The third-order valence-electron chi connectivity index (χ3n) is 3.02. The number of halogens is 1. The van der Waals surface area contributed by atoms with Crippen LogP contribution in [0.25, 0.3) is 22.7 Å². The largest absolute Gasteiger partial charge is 0.493 e. The highest BCUT2D eigenvalue weighted by Gasteiger charge is 2.17. The second kappa shape index (κ2) is 5.10. The van der Waals surface area contributed by atoms with Crippen LogP contribution in [0.1, 0.15) is 5.76 Å². The van der Waals surface area contributed by atoms with E-state index in [1.54, 1.807) is 43.3 Å². The summed E-state index contributed by atoms with van der Waals surface area (Å²) in [5.74, 6) is 0.838. The standard InChI is InChI=1S/C15H11ClN2O3/c1-8-6-7-11(21-8)13-17-14(19)12(15(20)18-13)9-4-2-3-5-10(9)16/h2-7H,1H3,(H2,17,18,19,20). The number of hydrogen-bond donors (Lipinski definition) is 2. The average Bonchev–Trinajstić information content (AvgIpc) is 2.87. The lowest BCUT2D eigenvalue weighted by molar-refractivity contribution is 0.452. The van der Waals surface area contributed by atoms with Gasteiger partial charge in [-0.05, 0) is 25.1 Å². The van der Waals surface area contributed by atoms with E-state index in [0.29, 0.717) is 22.1 Å². The topological polar surface area (TPSA) is 79.1 Å². The number of nitrogens with one attached hydrogen (secondary N) is 1. The molecule has 5 nitrogen and oxygen atoms in total. The lowest BCUT2D eigenvalue weighted by Crippen LogP contribution is -2.12. The van der Waals surface area contributed by atoms with Crippen LogP contribution in [0, 0.1) is 6.92 Å². The molecule has 3 aromatic rings. The molecule has 1 aromatic carbocycles. The number of furan rings is 1. The molecule has 0 aliphatic carbocycles. The molecule has 2 aromatic heterocycles. The quantitative estimate of drug-likeness (QED) is 0.760. The summed E-state index contributed by atoms with van der Waals surface area (Å²) in [5.41, 5.74) is -0.0279. The zero-order chi connectivity index (χ0) is 15.0. The number of H-pyrrole nitrogens is 1.